The predicted molar refractivity (Wildman–Crippen MR) is 120 cm³/mol. The summed E-state index contributed by atoms with van der Waals surface area (Å²) in [6.07, 6.45) is 4.44. The summed E-state index contributed by atoms with van der Waals surface area (Å²) >= 11 is 1.50. The zero-order valence-electron chi connectivity index (χ0n) is 16.8. The van der Waals surface area contributed by atoms with Crippen LogP contribution in [-0.2, 0) is 25.1 Å². The predicted octanol–water partition coefficient (Wildman–Crippen LogP) is 4.60. The molecule has 0 spiro atoms. The Bertz CT molecular complexity index is 1270. The van der Waals surface area contributed by atoms with Gasteiger partial charge >= 0.3 is 0 Å². The number of benzene rings is 2. The minimum atomic E-state index is -0.256. The summed E-state index contributed by atoms with van der Waals surface area (Å²) in [6.45, 7) is 0.522. The Morgan fingerprint density at radius 1 is 1.06 bits per heavy atom. The van der Waals surface area contributed by atoms with Gasteiger partial charge in [-0.05, 0) is 42.5 Å². The maximum absolute atomic E-state index is 13.2. The standard InChI is InChI=1S/C24H21FN4OS/c25-18-11-9-16(10-12-18)15-31-24-28-23(30)19-7-4-8-21(19)29(24)14-22-26-13-20(27-22)17-5-2-1-3-6-17/h1-3,5-6,9-13H,4,7-8,14-15H2,(H,26,27). The van der Waals surface area contributed by atoms with Crippen molar-refractivity contribution >= 4 is 11.8 Å². The summed E-state index contributed by atoms with van der Waals surface area (Å²) in [5.41, 5.74) is 4.77. The lowest BCUT2D eigenvalue weighted by Crippen LogP contribution is -2.22. The van der Waals surface area contributed by atoms with Crippen LogP contribution in [-0.4, -0.2) is 19.5 Å². The molecule has 156 valence electrons. The number of fused-ring (bicyclic) bond motifs is 1. The van der Waals surface area contributed by atoms with Gasteiger partial charge in [-0.2, -0.15) is 4.98 Å². The number of aromatic nitrogens is 4. The first-order chi connectivity index (χ1) is 15.2. The second-order valence-electron chi connectivity index (χ2n) is 7.59. The van der Waals surface area contributed by atoms with E-state index < -0.39 is 0 Å². The summed E-state index contributed by atoms with van der Waals surface area (Å²) in [5, 5.41) is 0.674. The van der Waals surface area contributed by atoms with Crippen LogP contribution in [0.1, 0.15) is 29.1 Å². The van der Waals surface area contributed by atoms with Gasteiger partial charge in [0.2, 0.25) is 0 Å². The van der Waals surface area contributed by atoms with Gasteiger partial charge < -0.3 is 9.55 Å². The molecule has 5 rings (SSSR count). The summed E-state index contributed by atoms with van der Waals surface area (Å²) < 4.78 is 15.3. The molecule has 4 aromatic rings. The van der Waals surface area contributed by atoms with Gasteiger partial charge in [0.15, 0.2) is 5.16 Å². The zero-order valence-corrected chi connectivity index (χ0v) is 17.7. The quantitative estimate of drug-likeness (QED) is 0.357. The summed E-state index contributed by atoms with van der Waals surface area (Å²) in [5.74, 6) is 1.18. The number of aromatic amines is 1. The fourth-order valence-electron chi connectivity index (χ4n) is 3.94. The van der Waals surface area contributed by atoms with Crippen LogP contribution in [0.4, 0.5) is 4.39 Å². The molecule has 0 saturated carbocycles. The van der Waals surface area contributed by atoms with E-state index in [0.717, 1.165) is 53.2 Å². The minimum Gasteiger partial charge on any atom is -0.340 e. The molecule has 0 saturated heterocycles. The number of imidazole rings is 1. The van der Waals surface area contributed by atoms with Crippen molar-refractivity contribution in [2.75, 3.05) is 0 Å². The van der Waals surface area contributed by atoms with Crippen LogP contribution in [0.3, 0.4) is 0 Å². The first kappa shape index (κ1) is 19.8. The maximum Gasteiger partial charge on any atom is 0.277 e. The Labute approximate surface area is 183 Å². The molecule has 1 N–H and O–H groups in total. The SMILES string of the molecule is O=c1nc(SCc2ccc(F)cc2)n(Cc2ncc(-c3ccccc3)[nH]2)c2c1CCC2. The third-order valence-electron chi connectivity index (χ3n) is 5.50. The lowest BCUT2D eigenvalue weighted by molar-refractivity contribution is 0.609. The van der Waals surface area contributed by atoms with Gasteiger partial charge in [0.25, 0.3) is 5.56 Å². The number of nitrogens with zero attached hydrogens (tertiary/aromatic N) is 3. The van der Waals surface area contributed by atoms with Crippen LogP contribution in [0.5, 0.6) is 0 Å². The number of rotatable bonds is 6. The van der Waals surface area contributed by atoms with Gasteiger partial charge in [-0.25, -0.2) is 9.37 Å². The molecule has 2 aromatic carbocycles. The molecule has 2 aromatic heterocycles. The topological polar surface area (TPSA) is 63.6 Å². The Kier molecular flexibility index (Phi) is 5.42. The molecule has 1 aliphatic carbocycles. The average Bonchev–Trinajstić information content (AvgIpc) is 3.46. The monoisotopic (exact) mass is 432 g/mol. The molecule has 0 amide bonds. The molecule has 0 bridgehead atoms. The smallest absolute Gasteiger partial charge is 0.277 e. The fourth-order valence-corrected chi connectivity index (χ4v) is 4.91. The van der Waals surface area contributed by atoms with Crippen molar-refractivity contribution in [2.45, 2.75) is 36.7 Å². The number of halogens is 1. The van der Waals surface area contributed by atoms with Crippen LogP contribution >= 0.6 is 11.8 Å². The molecular formula is C24H21FN4OS. The molecule has 1 aliphatic rings. The van der Waals surface area contributed by atoms with E-state index in [0.29, 0.717) is 17.5 Å². The zero-order chi connectivity index (χ0) is 21.2. The van der Waals surface area contributed by atoms with E-state index in [2.05, 4.69) is 19.5 Å². The van der Waals surface area contributed by atoms with Crippen LogP contribution in [0.25, 0.3) is 11.3 Å². The number of nitrogens with one attached hydrogen (secondary N) is 1. The number of H-pyrrole nitrogens is 1. The average molecular weight is 433 g/mol. The van der Waals surface area contributed by atoms with Gasteiger partial charge in [-0.15, -0.1) is 0 Å². The normalized spacial score (nSPS) is 12.8. The van der Waals surface area contributed by atoms with Crippen molar-refractivity contribution in [3.05, 3.63) is 99.6 Å². The lowest BCUT2D eigenvalue weighted by atomic mass is 10.2. The van der Waals surface area contributed by atoms with Gasteiger partial charge in [0, 0.05) is 17.0 Å². The molecule has 5 nitrogen and oxygen atoms in total. The van der Waals surface area contributed by atoms with Gasteiger partial charge in [-0.1, -0.05) is 54.2 Å². The highest BCUT2D eigenvalue weighted by Gasteiger charge is 2.22. The van der Waals surface area contributed by atoms with Crippen LogP contribution in [0.15, 0.2) is 70.7 Å². The first-order valence-electron chi connectivity index (χ1n) is 10.3. The Morgan fingerprint density at radius 3 is 2.68 bits per heavy atom. The van der Waals surface area contributed by atoms with Gasteiger partial charge in [0.05, 0.1) is 18.4 Å². The summed E-state index contributed by atoms with van der Waals surface area (Å²) in [4.78, 5) is 24.9. The highest BCUT2D eigenvalue weighted by Crippen LogP contribution is 2.27. The molecule has 7 heteroatoms. The van der Waals surface area contributed by atoms with E-state index >= 15 is 0 Å². The van der Waals surface area contributed by atoms with Crippen molar-refractivity contribution in [1.29, 1.82) is 0 Å². The number of hydrogen-bond acceptors (Lipinski definition) is 4. The molecule has 31 heavy (non-hydrogen) atoms. The molecule has 0 fully saturated rings. The third kappa shape index (κ3) is 4.18. The first-order valence-corrected chi connectivity index (χ1v) is 11.2. The maximum atomic E-state index is 13.2. The Morgan fingerprint density at radius 2 is 1.87 bits per heavy atom. The van der Waals surface area contributed by atoms with Crippen LogP contribution in [0, 0.1) is 5.82 Å². The van der Waals surface area contributed by atoms with E-state index in [1.165, 1.54) is 23.9 Å². The van der Waals surface area contributed by atoms with Gasteiger partial charge in [-0.3, -0.25) is 4.79 Å². The number of thioether (sulfide) groups is 1. The molecule has 0 atom stereocenters. The van der Waals surface area contributed by atoms with Crippen LogP contribution in [0.2, 0.25) is 0 Å². The van der Waals surface area contributed by atoms with E-state index in [4.69, 9.17) is 0 Å². The van der Waals surface area contributed by atoms with Crippen molar-refractivity contribution in [3.63, 3.8) is 0 Å². The second-order valence-corrected chi connectivity index (χ2v) is 8.53. The summed E-state index contributed by atoms with van der Waals surface area (Å²) in [7, 11) is 0. The van der Waals surface area contributed by atoms with Gasteiger partial charge in [0.1, 0.15) is 11.6 Å². The van der Waals surface area contributed by atoms with Crippen LogP contribution < -0.4 is 5.56 Å². The third-order valence-corrected chi connectivity index (χ3v) is 6.55. The Hall–Kier alpha value is -3.19. The molecule has 0 unspecified atom stereocenters. The van der Waals surface area contributed by atoms with E-state index in [-0.39, 0.29) is 11.4 Å². The molecule has 0 radical (unpaired) electrons. The number of hydrogen-bond donors (Lipinski definition) is 1. The van der Waals surface area contributed by atoms with E-state index in [1.807, 2.05) is 36.5 Å². The van der Waals surface area contributed by atoms with Crippen molar-refractivity contribution in [2.24, 2.45) is 0 Å². The largest absolute Gasteiger partial charge is 0.340 e. The lowest BCUT2D eigenvalue weighted by Gasteiger charge is -2.16. The Balaban J connectivity index is 1.46. The minimum absolute atomic E-state index is 0.130. The van der Waals surface area contributed by atoms with Crippen molar-refractivity contribution < 1.29 is 4.39 Å². The highest BCUT2D eigenvalue weighted by atomic mass is 32.2. The van der Waals surface area contributed by atoms with E-state index in [9.17, 15) is 9.18 Å². The van der Waals surface area contributed by atoms with Crippen molar-refractivity contribution in [1.82, 2.24) is 19.5 Å². The molecule has 0 aliphatic heterocycles. The highest BCUT2D eigenvalue weighted by molar-refractivity contribution is 7.98. The fraction of sp³-hybridized carbons (Fsp3) is 0.208. The van der Waals surface area contributed by atoms with Crippen molar-refractivity contribution in [3.8, 4) is 11.3 Å². The second kappa shape index (κ2) is 8.51. The molecular weight excluding hydrogens is 411 g/mol. The summed E-state index contributed by atoms with van der Waals surface area (Å²) in [6, 6.07) is 16.5. The van der Waals surface area contributed by atoms with E-state index in [1.54, 1.807) is 12.1 Å². The molecule has 2 heterocycles.